The lowest BCUT2D eigenvalue weighted by molar-refractivity contribution is -0.122. The summed E-state index contributed by atoms with van der Waals surface area (Å²) >= 11 is 0. The molecule has 0 bridgehead atoms. The fraction of sp³-hybridized carbons (Fsp3) is 0.929. The number of nitrogens with one attached hydrogen (secondary N) is 2. The molecule has 1 amide bonds. The zero-order chi connectivity index (χ0) is 13.4. The van der Waals surface area contributed by atoms with Gasteiger partial charge in [-0.25, -0.2) is 0 Å². The maximum Gasteiger partial charge on any atom is 0.234 e. The van der Waals surface area contributed by atoms with Gasteiger partial charge in [0.2, 0.25) is 5.91 Å². The van der Waals surface area contributed by atoms with E-state index in [1.54, 1.807) is 0 Å². The van der Waals surface area contributed by atoms with E-state index in [4.69, 9.17) is 0 Å². The lowest BCUT2D eigenvalue weighted by Gasteiger charge is -2.24. The van der Waals surface area contributed by atoms with Crippen molar-refractivity contribution < 1.29 is 4.79 Å². The number of carbonyl (C=O) groups excluding carboxylic acids is 1. The molecule has 0 spiro atoms. The zero-order valence-electron chi connectivity index (χ0n) is 12.2. The SMILES string of the molecule is CCCN(CC(=O)NCC(C)C)CC1CCCN1. The highest BCUT2D eigenvalue weighted by Gasteiger charge is 2.19. The summed E-state index contributed by atoms with van der Waals surface area (Å²) in [6.45, 7) is 10.9. The van der Waals surface area contributed by atoms with Crippen LogP contribution in [0.3, 0.4) is 0 Å². The molecule has 4 heteroatoms. The van der Waals surface area contributed by atoms with Crippen LogP contribution < -0.4 is 10.6 Å². The van der Waals surface area contributed by atoms with Gasteiger partial charge in [0.1, 0.15) is 0 Å². The molecule has 4 nitrogen and oxygen atoms in total. The van der Waals surface area contributed by atoms with Crippen molar-refractivity contribution in [1.29, 1.82) is 0 Å². The van der Waals surface area contributed by atoms with Crippen molar-refractivity contribution in [1.82, 2.24) is 15.5 Å². The number of amides is 1. The Bertz CT molecular complexity index is 237. The predicted molar refractivity (Wildman–Crippen MR) is 75.6 cm³/mol. The molecule has 1 unspecified atom stereocenters. The molecule has 106 valence electrons. The van der Waals surface area contributed by atoms with Gasteiger partial charge in [0.15, 0.2) is 0 Å². The normalized spacial score (nSPS) is 19.7. The van der Waals surface area contributed by atoms with Crippen LogP contribution in [-0.4, -0.2) is 49.6 Å². The van der Waals surface area contributed by atoms with Gasteiger partial charge in [-0.2, -0.15) is 0 Å². The molecular formula is C14H29N3O. The van der Waals surface area contributed by atoms with Crippen LogP contribution in [0.25, 0.3) is 0 Å². The van der Waals surface area contributed by atoms with Gasteiger partial charge >= 0.3 is 0 Å². The minimum Gasteiger partial charge on any atom is -0.355 e. The van der Waals surface area contributed by atoms with E-state index < -0.39 is 0 Å². The van der Waals surface area contributed by atoms with Gasteiger partial charge in [-0.05, 0) is 38.3 Å². The van der Waals surface area contributed by atoms with Crippen LogP contribution in [0.15, 0.2) is 0 Å². The maximum absolute atomic E-state index is 11.8. The molecule has 0 aromatic carbocycles. The van der Waals surface area contributed by atoms with Crippen LogP contribution in [0.5, 0.6) is 0 Å². The molecule has 1 fully saturated rings. The van der Waals surface area contributed by atoms with Gasteiger partial charge in [-0.3, -0.25) is 9.69 Å². The molecule has 0 aromatic rings. The van der Waals surface area contributed by atoms with Gasteiger partial charge in [0.05, 0.1) is 6.54 Å². The van der Waals surface area contributed by atoms with Crippen molar-refractivity contribution >= 4 is 5.91 Å². The fourth-order valence-electron chi connectivity index (χ4n) is 2.35. The largest absolute Gasteiger partial charge is 0.355 e. The number of hydrogen-bond donors (Lipinski definition) is 2. The quantitative estimate of drug-likeness (QED) is 0.685. The summed E-state index contributed by atoms with van der Waals surface area (Å²) in [5.74, 6) is 0.681. The molecule has 1 saturated heterocycles. The maximum atomic E-state index is 11.8. The Kier molecular flexibility index (Phi) is 7.28. The van der Waals surface area contributed by atoms with Gasteiger partial charge in [0.25, 0.3) is 0 Å². The monoisotopic (exact) mass is 255 g/mol. The molecule has 0 aliphatic carbocycles. The van der Waals surface area contributed by atoms with Gasteiger partial charge in [-0.15, -0.1) is 0 Å². The number of carbonyl (C=O) groups is 1. The second-order valence-electron chi connectivity index (χ2n) is 5.73. The number of rotatable bonds is 8. The molecule has 0 aromatic heterocycles. The molecular weight excluding hydrogens is 226 g/mol. The third kappa shape index (κ3) is 6.36. The highest BCUT2D eigenvalue weighted by Crippen LogP contribution is 2.07. The van der Waals surface area contributed by atoms with Gasteiger partial charge < -0.3 is 10.6 Å². The van der Waals surface area contributed by atoms with Crippen molar-refractivity contribution in [3.05, 3.63) is 0 Å². The number of nitrogens with zero attached hydrogens (tertiary/aromatic N) is 1. The summed E-state index contributed by atoms with van der Waals surface area (Å²) in [5, 5.41) is 6.49. The minimum absolute atomic E-state index is 0.162. The average molecular weight is 255 g/mol. The summed E-state index contributed by atoms with van der Waals surface area (Å²) in [7, 11) is 0. The molecule has 1 aliphatic rings. The number of hydrogen-bond acceptors (Lipinski definition) is 3. The summed E-state index contributed by atoms with van der Waals surface area (Å²) < 4.78 is 0. The van der Waals surface area contributed by atoms with Crippen molar-refractivity contribution in [2.75, 3.05) is 32.7 Å². The van der Waals surface area contributed by atoms with Crippen LogP contribution >= 0.6 is 0 Å². The Morgan fingerprint density at radius 3 is 2.83 bits per heavy atom. The Hall–Kier alpha value is -0.610. The Morgan fingerprint density at radius 1 is 1.50 bits per heavy atom. The predicted octanol–water partition coefficient (Wildman–Crippen LogP) is 1.22. The van der Waals surface area contributed by atoms with E-state index in [0.29, 0.717) is 18.5 Å². The second-order valence-corrected chi connectivity index (χ2v) is 5.73. The summed E-state index contributed by atoms with van der Waals surface area (Å²) in [5.41, 5.74) is 0. The van der Waals surface area contributed by atoms with Crippen molar-refractivity contribution in [2.24, 2.45) is 5.92 Å². The van der Waals surface area contributed by atoms with Crippen LogP contribution in [0, 0.1) is 5.92 Å². The lowest BCUT2D eigenvalue weighted by Crippen LogP contribution is -2.44. The van der Waals surface area contributed by atoms with Crippen molar-refractivity contribution in [3.8, 4) is 0 Å². The topological polar surface area (TPSA) is 44.4 Å². The first-order valence-corrected chi connectivity index (χ1v) is 7.34. The Labute approximate surface area is 111 Å². The van der Waals surface area contributed by atoms with E-state index in [9.17, 15) is 4.79 Å². The molecule has 0 radical (unpaired) electrons. The summed E-state index contributed by atoms with van der Waals surface area (Å²) in [6, 6.07) is 0.578. The lowest BCUT2D eigenvalue weighted by atomic mass is 10.2. The molecule has 1 atom stereocenters. The fourth-order valence-corrected chi connectivity index (χ4v) is 2.35. The molecule has 18 heavy (non-hydrogen) atoms. The zero-order valence-corrected chi connectivity index (χ0v) is 12.2. The van der Waals surface area contributed by atoms with E-state index in [-0.39, 0.29) is 5.91 Å². The minimum atomic E-state index is 0.162. The van der Waals surface area contributed by atoms with Crippen LogP contribution in [0.1, 0.15) is 40.0 Å². The standard InChI is InChI=1S/C14H29N3O/c1-4-8-17(10-13-6-5-7-15-13)11-14(18)16-9-12(2)3/h12-13,15H,4-11H2,1-3H3,(H,16,18). The third-order valence-corrected chi connectivity index (χ3v) is 3.26. The van der Waals surface area contributed by atoms with E-state index in [1.807, 2.05) is 0 Å². The van der Waals surface area contributed by atoms with E-state index >= 15 is 0 Å². The third-order valence-electron chi connectivity index (χ3n) is 3.26. The molecule has 1 aliphatic heterocycles. The average Bonchev–Trinajstić information content (AvgIpc) is 2.79. The van der Waals surface area contributed by atoms with Gasteiger partial charge in [-0.1, -0.05) is 20.8 Å². The molecule has 1 rings (SSSR count). The van der Waals surface area contributed by atoms with Gasteiger partial charge in [0, 0.05) is 19.1 Å². The highest BCUT2D eigenvalue weighted by atomic mass is 16.2. The van der Waals surface area contributed by atoms with E-state index in [2.05, 4.69) is 36.3 Å². The molecule has 1 heterocycles. The smallest absolute Gasteiger partial charge is 0.234 e. The molecule has 2 N–H and O–H groups in total. The first-order valence-electron chi connectivity index (χ1n) is 7.34. The summed E-state index contributed by atoms with van der Waals surface area (Å²) in [6.07, 6.45) is 3.61. The Morgan fingerprint density at radius 2 is 2.28 bits per heavy atom. The van der Waals surface area contributed by atoms with Crippen LogP contribution in [-0.2, 0) is 4.79 Å². The molecule has 0 saturated carbocycles. The Balaban J connectivity index is 2.29. The van der Waals surface area contributed by atoms with Crippen molar-refractivity contribution in [3.63, 3.8) is 0 Å². The second kappa shape index (κ2) is 8.48. The van der Waals surface area contributed by atoms with E-state index in [0.717, 1.165) is 32.6 Å². The van der Waals surface area contributed by atoms with E-state index in [1.165, 1.54) is 12.8 Å². The van der Waals surface area contributed by atoms with Crippen molar-refractivity contribution in [2.45, 2.75) is 46.1 Å². The van der Waals surface area contributed by atoms with Crippen LogP contribution in [0.4, 0.5) is 0 Å². The van der Waals surface area contributed by atoms with Crippen LogP contribution in [0.2, 0.25) is 0 Å². The highest BCUT2D eigenvalue weighted by molar-refractivity contribution is 5.77. The first kappa shape index (κ1) is 15.4. The summed E-state index contributed by atoms with van der Waals surface area (Å²) in [4.78, 5) is 14.1. The first-order chi connectivity index (χ1) is 8.61.